The van der Waals surface area contributed by atoms with Crippen LogP contribution in [0.5, 0.6) is 0 Å². The van der Waals surface area contributed by atoms with Crippen molar-refractivity contribution in [3.63, 3.8) is 0 Å². The van der Waals surface area contributed by atoms with Gasteiger partial charge < -0.3 is 29.0 Å². The second kappa shape index (κ2) is 14.0. The van der Waals surface area contributed by atoms with E-state index in [2.05, 4.69) is 5.32 Å². The van der Waals surface area contributed by atoms with Crippen molar-refractivity contribution in [2.75, 3.05) is 0 Å². The van der Waals surface area contributed by atoms with Crippen molar-refractivity contribution in [2.24, 2.45) is 0 Å². The van der Waals surface area contributed by atoms with Gasteiger partial charge in [-0.15, -0.1) is 0 Å². The molecule has 0 aliphatic rings. The fraction of sp³-hybridized carbons (Fsp3) is 0.633. The van der Waals surface area contributed by atoms with Gasteiger partial charge in [-0.2, -0.15) is 0 Å². The van der Waals surface area contributed by atoms with E-state index >= 15 is 0 Å². The number of nitrogens with one attached hydrogen (secondary N) is 1. The predicted molar refractivity (Wildman–Crippen MR) is 157 cm³/mol. The molecule has 44 heavy (non-hydrogen) atoms. The van der Waals surface area contributed by atoms with Gasteiger partial charge in [0.2, 0.25) is 6.10 Å². The second-order valence-corrected chi connectivity index (χ2v) is 13.9. The lowest BCUT2D eigenvalue weighted by Gasteiger charge is -2.27. The van der Waals surface area contributed by atoms with E-state index in [0.29, 0.717) is 0 Å². The molecule has 0 aliphatic heterocycles. The summed E-state index contributed by atoms with van der Waals surface area (Å²) in [7, 11) is 0. The van der Waals surface area contributed by atoms with E-state index in [9.17, 15) is 34.1 Å². The standard InChI is InChI=1S/C30H44N2O12/c1-27(2,3)41-23(34)17-13-14-18(20(15-17)32(38)39)22(25(36)43-29(7,8)9)40-21(33)16-19(24(35)42-28(4,5)6)31-26(37)44-30(10,11)12/h13-15,19,22H,16H2,1-12H3,(H,31,37)/t19-,22?/m1/s1. The maximum absolute atomic E-state index is 13.2. The summed E-state index contributed by atoms with van der Waals surface area (Å²) in [6, 6.07) is 1.53. The molecule has 1 aromatic rings. The van der Waals surface area contributed by atoms with Crippen LogP contribution in [0.3, 0.4) is 0 Å². The molecule has 0 saturated carbocycles. The van der Waals surface area contributed by atoms with Gasteiger partial charge in [-0.3, -0.25) is 14.9 Å². The zero-order chi connectivity index (χ0) is 34.4. The number of rotatable bonds is 9. The lowest BCUT2D eigenvalue weighted by Crippen LogP contribution is -2.47. The number of hydrogen-bond acceptors (Lipinski definition) is 12. The highest BCUT2D eigenvalue weighted by molar-refractivity contribution is 5.92. The molecule has 14 nitrogen and oxygen atoms in total. The Bertz CT molecular complexity index is 1260. The van der Waals surface area contributed by atoms with Gasteiger partial charge >= 0.3 is 30.0 Å². The van der Waals surface area contributed by atoms with Crippen LogP contribution in [-0.4, -0.2) is 63.3 Å². The summed E-state index contributed by atoms with van der Waals surface area (Å²) in [6.07, 6.45) is -3.86. The number of carbonyl (C=O) groups excluding carboxylic acids is 5. The summed E-state index contributed by atoms with van der Waals surface area (Å²) in [4.78, 5) is 75.5. The largest absolute Gasteiger partial charge is 0.458 e. The number of nitro groups is 1. The zero-order valence-electron chi connectivity index (χ0n) is 27.4. The van der Waals surface area contributed by atoms with Crippen LogP contribution in [-0.2, 0) is 38.1 Å². The second-order valence-electron chi connectivity index (χ2n) is 13.9. The number of nitrogens with zero attached hydrogens (tertiary/aromatic N) is 1. The third-order valence-electron chi connectivity index (χ3n) is 4.77. The molecule has 1 amide bonds. The minimum Gasteiger partial charge on any atom is -0.458 e. The van der Waals surface area contributed by atoms with Crippen LogP contribution >= 0.6 is 0 Å². The minimum absolute atomic E-state index is 0.184. The Morgan fingerprint density at radius 1 is 0.750 bits per heavy atom. The fourth-order valence-electron chi connectivity index (χ4n) is 3.34. The molecule has 14 heteroatoms. The fourth-order valence-corrected chi connectivity index (χ4v) is 3.34. The van der Waals surface area contributed by atoms with Crippen molar-refractivity contribution in [2.45, 2.75) is 124 Å². The van der Waals surface area contributed by atoms with Crippen LogP contribution in [0.1, 0.15) is 112 Å². The summed E-state index contributed by atoms with van der Waals surface area (Å²) < 4.78 is 26.5. The summed E-state index contributed by atoms with van der Waals surface area (Å²) >= 11 is 0. The Morgan fingerprint density at radius 2 is 1.23 bits per heavy atom. The monoisotopic (exact) mass is 624 g/mol. The average Bonchev–Trinajstić information content (AvgIpc) is 2.77. The summed E-state index contributed by atoms with van der Waals surface area (Å²) in [5, 5.41) is 14.3. The van der Waals surface area contributed by atoms with Gasteiger partial charge in [-0.1, -0.05) is 0 Å². The Morgan fingerprint density at radius 3 is 1.68 bits per heavy atom. The van der Waals surface area contributed by atoms with E-state index in [-0.39, 0.29) is 5.56 Å². The van der Waals surface area contributed by atoms with Gasteiger partial charge in [0, 0.05) is 6.07 Å². The number of hydrogen-bond donors (Lipinski definition) is 1. The van der Waals surface area contributed by atoms with Crippen LogP contribution < -0.4 is 5.32 Å². The highest BCUT2D eigenvalue weighted by Gasteiger charge is 2.38. The summed E-state index contributed by atoms with van der Waals surface area (Å²) in [6.45, 7) is 19.0. The van der Waals surface area contributed by atoms with Crippen molar-refractivity contribution in [1.29, 1.82) is 0 Å². The van der Waals surface area contributed by atoms with Crippen molar-refractivity contribution in [3.8, 4) is 0 Å². The van der Waals surface area contributed by atoms with Gasteiger partial charge in [-0.25, -0.2) is 19.2 Å². The van der Waals surface area contributed by atoms with Crippen LogP contribution in [0.25, 0.3) is 0 Å². The molecule has 1 rings (SSSR count). The first kappa shape index (κ1) is 37.8. The van der Waals surface area contributed by atoms with Crippen LogP contribution in [0, 0.1) is 10.1 Å². The lowest BCUT2D eigenvalue weighted by molar-refractivity contribution is -0.386. The molecule has 1 N–H and O–H groups in total. The SMILES string of the molecule is CC(C)(C)OC(=O)N[C@H](CC(=O)OC(C(=O)OC(C)(C)C)c1ccc(C(=O)OC(C)(C)C)cc1[N+](=O)[O-])C(=O)OC(C)(C)C. The van der Waals surface area contributed by atoms with E-state index in [1.165, 1.54) is 26.8 Å². The first-order valence-electron chi connectivity index (χ1n) is 13.8. The highest BCUT2D eigenvalue weighted by Crippen LogP contribution is 2.32. The molecule has 0 spiro atoms. The number of ether oxygens (including phenoxy) is 5. The van der Waals surface area contributed by atoms with E-state index < -0.39 is 87.1 Å². The molecule has 0 saturated heterocycles. The number of nitro benzene ring substituents is 1. The number of benzene rings is 1. The molecule has 246 valence electrons. The van der Waals surface area contributed by atoms with Crippen LogP contribution in [0.2, 0.25) is 0 Å². The first-order valence-corrected chi connectivity index (χ1v) is 13.8. The molecular formula is C30H44N2O12. The van der Waals surface area contributed by atoms with Crippen molar-refractivity contribution in [1.82, 2.24) is 5.32 Å². The average molecular weight is 625 g/mol. The maximum Gasteiger partial charge on any atom is 0.408 e. The van der Waals surface area contributed by atoms with E-state index in [1.807, 2.05) is 0 Å². The number of carbonyl (C=O) groups is 5. The normalized spacial score (nSPS) is 13.5. The Labute approximate surface area is 257 Å². The highest BCUT2D eigenvalue weighted by atomic mass is 16.6. The number of esters is 4. The maximum atomic E-state index is 13.2. The van der Waals surface area contributed by atoms with Gasteiger partial charge in [-0.05, 0) is 95.2 Å². The minimum atomic E-state index is -1.99. The molecule has 0 bridgehead atoms. The van der Waals surface area contributed by atoms with Crippen molar-refractivity contribution in [3.05, 3.63) is 39.4 Å². The van der Waals surface area contributed by atoms with Gasteiger partial charge in [0.25, 0.3) is 5.69 Å². The van der Waals surface area contributed by atoms with E-state index in [1.54, 1.807) is 62.3 Å². The summed E-state index contributed by atoms with van der Waals surface area (Å²) in [5.41, 5.74) is -5.23. The Hall–Kier alpha value is -4.23. The Balaban J connectivity index is 3.52. The molecule has 1 unspecified atom stereocenters. The van der Waals surface area contributed by atoms with Gasteiger partial charge in [0.05, 0.1) is 22.5 Å². The van der Waals surface area contributed by atoms with Crippen LogP contribution in [0.15, 0.2) is 18.2 Å². The van der Waals surface area contributed by atoms with E-state index in [4.69, 9.17) is 23.7 Å². The molecule has 1 aromatic carbocycles. The lowest BCUT2D eigenvalue weighted by atomic mass is 10.0. The van der Waals surface area contributed by atoms with Gasteiger partial charge in [0.1, 0.15) is 28.4 Å². The van der Waals surface area contributed by atoms with Crippen LogP contribution in [0.4, 0.5) is 10.5 Å². The molecule has 0 radical (unpaired) electrons. The molecule has 2 atom stereocenters. The molecule has 0 fully saturated rings. The smallest absolute Gasteiger partial charge is 0.408 e. The summed E-state index contributed by atoms with van der Waals surface area (Å²) in [5.74, 6) is -4.22. The molecule has 0 heterocycles. The molecule has 0 aromatic heterocycles. The first-order chi connectivity index (χ1) is 19.7. The van der Waals surface area contributed by atoms with Gasteiger partial charge in [0.15, 0.2) is 0 Å². The van der Waals surface area contributed by atoms with E-state index in [0.717, 1.165) is 12.1 Å². The zero-order valence-corrected chi connectivity index (χ0v) is 27.4. The van der Waals surface area contributed by atoms with Crippen molar-refractivity contribution < 1.29 is 52.6 Å². The third kappa shape index (κ3) is 13.8. The third-order valence-corrected chi connectivity index (χ3v) is 4.77. The predicted octanol–water partition coefficient (Wildman–Crippen LogP) is 5.10. The number of amides is 1. The topological polar surface area (TPSA) is 187 Å². The molecular weight excluding hydrogens is 580 g/mol. The Kier molecular flexibility index (Phi) is 12.1. The molecule has 0 aliphatic carbocycles. The van der Waals surface area contributed by atoms with Crippen molar-refractivity contribution >= 4 is 35.7 Å². The number of alkyl carbamates (subject to hydrolysis) is 1. The quantitative estimate of drug-likeness (QED) is 0.166.